The van der Waals surface area contributed by atoms with Gasteiger partial charge >= 0.3 is 5.56 Å². The molecule has 0 atom stereocenters. The summed E-state index contributed by atoms with van der Waals surface area (Å²) < 4.78 is 20.7. The van der Waals surface area contributed by atoms with Crippen LogP contribution in [0.25, 0.3) is 27.8 Å². The van der Waals surface area contributed by atoms with Gasteiger partial charge in [0.25, 0.3) is 0 Å². The highest BCUT2D eigenvalue weighted by atomic mass is 32.2. The highest BCUT2D eigenvalue weighted by Gasteiger charge is 2.20. The van der Waals surface area contributed by atoms with E-state index in [2.05, 4.69) is 5.32 Å². The van der Waals surface area contributed by atoms with Crippen molar-refractivity contribution in [2.45, 2.75) is 12.1 Å². The smallest absolute Gasteiger partial charge is 0.302 e. The van der Waals surface area contributed by atoms with E-state index in [9.17, 15) is 14.0 Å². The molecule has 2 heterocycles. The van der Waals surface area contributed by atoms with Gasteiger partial charge in [0.2, 0.25) is 11.5 Å². The summed E-state index contributed by atoms with van der Waals surface area (Å²) in [6, 6.07) is 20.4. The van der Waals surface area contributed by atoms with Crippen molar-refractivity contribution in [2.24, 2.45) is 0 Å². The van der Waals surface area contributed by atoms with Gasteiger partial charge in [-0.15, -0.1) is 0 Å². The Labute approximate surface area is 192 Å². The molecule has 0 aliphatic rings. The first-order valence-corrected chi connectivity index (χ1v) is 11.2. The molecule has 0 aliphatic heterocycles. The van der Waals surface area contributed by atoms with E-state index < -0.39 is 5.82 Å². The van der Waals surface area contributed by atoms with E-state index in [0.29, 0.717) is 27.6 Å². The number of thioether (sulfide) groups is 1. The van der Waals surface area contributed by atoms with Crippen LogP contribution in [0.15, 0.2) is 87.2 Å². The van der Waals surface area contributed by atoms with E-state index in [-0.39, 0.29) is 22.8 Å². The van der Waals surface area contributed by atoms with Crippen LogP contribution in [0.1, 0.15) is 5.56 Å². The number of benzene rings is 3. The number of hydrogen-bond donors (Lipinski definition) is 1. The number of nitrogens with one attached hydrogen (secondary N) is 1. The molecule has 8 heteroatoms. The summed E-state index contributed by atoms with van der Waals surface area (Å²) in [6.45, 7) is 1.90. The summed E-state index contributed by atoms with van der Waals surface area (Å²) in [5.74, 6) is -0.794. The number of carbonyl (C=O) groups excluding carboxylic acids is 1. The number of fused-ring (bicyclic) bond motifs is 3. The Morgan fingerprint density at radius 2 is 1.88 bits per heavy atom. The molecule has 0 saturated carbocycles. The number of rotatable bonds is 5. The van der Waals surface area contributed by atoms with E-state index in [4.69, 9.17) is 9.40 Å². The van der Waals surface area contributed by atoms with Crippen LogP contribution >= 0.6 is 11.8 Å². The van der Waals surface area contributed by atoms with Gasteiger partial charge in [-0.05, 0) is 48.9 Å². The average molecular weight is 460 g/mol. The topological polar surface area (TPSA) is 77.1 Å². The zero-order chi connectivity index (χ0) is 22.9. The number of nitrogens with zero attached hydrogens (tertiary/aromatic N) is 2. The Morgan fingerprint density at radius 1 is 1.09 bits per heavy atom. The van der Waals surface area contributed by atoms with Crippen molar-refractivity contribution < 1.29 is 13.6 Å². The molecule has 5 rings (SSSR count). The number of para-hydroxylation sites is 2. The van der Waals surface area contributed by atoms with E-state index in [1.165, 1.54) is 22.8 Å². The molecule has 3 aromatic carbocycles. The Morgan fingerprint density at radius 3 is 2.70 bits per heavy atom. The average Bonchev–Trinajstić information content (AvgIpc) is 3.18. The number of aromatic nitrogens is 2. The first-order chi connectivity index (χ1) is 16.0. The molecule has 0 spiro atoms. The van der Waals surface area contributed by atoms with Crippen molar-refractivity contribution in [1.29, 1.82) is 0 Å². The fourth-order valence-corrected chi connectivity index (χ4v) is 4.44. The standard InChI is InChI=1S/C25H18FN3O3S/c1-15-7-2-4-11-19(15)29-24(31)23-22(18-10-3-5-12-20(18)32-23)28-25(29)33-14-21(30)27-17-9-6-8-16(26)13-17/h2-13H,14H2,1H3,(H,27,30). The third kappa shape index (κ3) is 4.01. The fraction of sp³-hybridized carbons (Fsp3) is 0.0800. The molecule has 1 N–H and O–H groups in total. The third-order valence-electron chi connectivity index (χ3n) is 5.16. The van der Waals surface area contributed by atoms with Gasteiger partial charge in [-0.25, -0.2) is 9.37 Å². The molecule has 33 heavy (non-hydrogen) atoms. The second-order valence-corrected chi connectivity index (χ2v) is 8.39. The third-order valence-corrected chi connectivity index (χ3v) is 6.10. The van der Waals surface area contributed by atoms with E-state index in [0.717, 1.165) is 22.7 Å². The monoisotopic (exact) mass is 459 g/mol. The Hall–Kier alpha value is -3.91. The van der Waals surface area contributed by atoms with Crippen molar-refractivity contribution >= 4 is 45.4 Å². The number of aryl methyl sites for hydroxylation is 1. The van der Waals surface area contributed by atoms with E-state index in [1.54, 1.807) is 12.1 Å². The van der Waals surface area contributed by atoms with Gasteiger partial charge in [-0.3, -0.25) is 14.2 Å². The molecule has 0 bridgehead atoms. The van der Waals surface area contributed by atoms with Crippen molar-refractivity contribution in [2.75, 3.05) is 11.1 Å². The molecule has 1 amide bonds. The molecule has 5 aromatic rings. The largest absolute Gasteiger partial charge is 0.448 e. The maximum atomic E-state index is 13.5. The van der Waals surface area contributed by atoms with Crippen LogP contribution in [0.2, 0.25) is 0 Å². The zero-order valence-electron chi connectivity index (χ0n) is 17.5. The van der Waals surface area contributed by atoms with Crippen molar-refractivity contribution in [3.05, 3.63) is 94.5 Å². The highest BCUT2D eigenvalue weighted by molar-refractivity contribution is 7.99. The van der Waals surface area contributed by atoms with Crippen LogP contribution in [0, 0.1) is 12.7 Å². The number of furan rings is 1. The first kappa shape index (κ1) is 21.0. The van der Waals surface area contributed by atoms with Gasteiger partial charge in [0.1, 0.15) is 16.9 Å². The van der Waals surface area contributed by atoms with E-state index >= 15 is 0 Å². The van der Waals surface area contributed by atoms with Gasteiger partial charge in [0, 0.05) is 11.1 Å². The Bertz CT molecular complexity index is 1570. The molecule has 0 radical (unpaired) electrons. The minimum absolute atomic E-state index is 0.0177. The lowest BCUT2D eigenvalue weighted by Gasteiger charge is -2.13. The summed E-state index contributed by atoms with van der Waals surface area (Å²) in [5.41, 5.74) is 2.73. The van der Waals surface area contributed by atoms with Gasteiger partial charge in [-0.2, -0.15) is 0 Å². The molecule has 6 nitrogen and oxygen atoms in total. The van der Waals surface area contributed by atoms with Crippen molar-refractivity contribution in [3.8, 4) is 5.69 Å². The van der Waals surface area contributed by atoms with Crippen LogP contribution in [0.3, 0.4) is 0 Å². The summed E-state index contributed by atoms with van der Waals surface area (Å²) >= 11 is 1.13. The summed E-state index contributed by atoms with van der Waals surface area (Å²) in [7, 11) is 0. The van der Waals surface area contributed by atoms with Crippen LogP contribution in [0.5, 0.6) is 0 Å². The maximum absolute atomic E-state index is 13.5. The normalized spacial score (nSPS) is 11.2. The minimum Gasteiger partial charge on any atom is -0.448 e. The predicted octanol–water partition coefficient (Wildman–Crippen LogP) is 5.31. The van der Waals surface area contributed by atoms with Gasteiger partial charge < -0.3 is 9.73 Å². The zero-order valence-corrected chi connectivity index (χ0v) is 18.4. The Balaban J connectivity index is 1.58. The van der Waals surface area contributed by atoms with Gasteiger partial charge in [0.05, 0.1) is 11.4 Å². The minimum atomic E-state index is -0.437. The molecule has 0 unspecified atom stereocenters. The summed E-state index contributed by atoms with van der Waals surface area (Å²) in [4.78, 5) is 30.8. The number of carbonyl (C=O) groups is 1. The number of hydrogen-bond acceptors (Lipinski definition) is 5. The maximum Gasteiger partial charge on any atom is 0.302 e. The van der Waals surface area contributed by atoms with E-state index in [1.807, 2.05) is 49.4 Å². The summed E-state index contributed by atoms with van der Waals surface area (Å²) in [6.07, 6.45) is 0. The second-order valence-electron chi connectivity index (χ2n) is 7.44. The lowest BCUT2D eigenvalue weighted by molar-refractivity contribution is -0.113. The molecule has 0 aliphatic carbocycles. The van der Waals surface area contributed by atoms with Crippen LogP contribution in [-0.2, 0) is 4.79 Å². The number of amides is 1. The van der Waals surface area contributed by atoms with Crippen LogP contribution in [0.4, 0.5) is 10.1 Å². The molecular weight excluding hydrogens is 441 g/mol. The number of anilines is 1. The molecule has 2 aromatic heterocycles. The summed E-state index contributed by atoms with van der Waals surface area (Å²) in [5, 5.41) is 3.76. The van der Waals surface area contributed by atoms with Gasteiger partial charge in [0.15, 0.2) is 5.16 Å². The predicted molar refractivity (Wildman–Crippen MR) is 128 cm³/mol. The lowest BCUT2D eigenvalue weighted by Crippen LogP contribution is -2.23. The number of halogens is 1. The second kappa shape index (κ2) is 8.55. The first-order valence-electron chi connectivity index (χ1n) is 10.2. The fourth-order valence-electron chi connectivity index (χ4n) is 3.64. The molecule has 0 fully saturated rings. The Kier molecular flexibility index (Phi) is 5.43. The molecule has 0 saturated heterocycles. The highest BCUT2D eigenvalue weighted by Crippen LogP contribution is 2.29. The lowest BCUT2D eigenvalue weighted by atomic mass is 10.2. The van der Waals surface area contributed by atoms with Crippen LogP contribution in [-0.4, -0.2) is 21.2 Å². The van der Waals surface area contributed by atoms with Crippen LogP contribution < -0.4 is 10.9 Å². The molecule has 164 valence electrons. The van der Waals surface area contributed by atoms with Crippen molar-refractivity contribution in [1.82, 2.24) is 9.55 Å². The van der Waals surface area contributed by atoms with Crippen molar-refractivity contribution in [3.63, 3.8) is 0 Å². The molecular formula is C25H18FN3O3S. The SMILES string of the molecule is Cc1ccccc1-n1c(SCC(=O)Nc2cccc(F)c2)nc2c(oc3ccccc32)c1=O. The van der Waals surface area contributed by atoms with Gasteiger partial charge in [-0.1, -0.05) is 48.2 Å². The quantitative estimate of drug-likeness (QED) is 0.285.